The van der Waals surface area contributed by atoms with E-state index in [4.69, 9.17) is 9.47 Å². The monoisotopic (exact) mass is 563 g/mol. The molecule has 0 saturated carbocycles. The summed E-state index contributed by atoms with van der Waals surface area (Å²) in [5.74, 6) is 0.895. The van der Waals surface area contributed by atoms with Gasteiger partial charge in [0, 0.05) is 4.47 Å². The van der Waals surface area contributed by atoms with Gasteiger partial charge in [0.15, 0.2) is 11.5 Å². The molecule has 0 fully saturated rings. The number of nitriles is 1. The van der Waals surface area contributed by atoms with Crippen LogP contribution in [-0.2, 0) is 6.61 Å². The summed E-state index contributed by atoms with van der Waals surface area (Å²) in [5.41, 5.74) is 3.08. The van der Waals surface area contributed by atoms with E-state index in [0.29, 0.717) is 23.7 Å². The first-order valence-electron chi connectivity index (χ1n) is 8.62. The van der Waals surface area contributed by atoms with Crippen molar-refractivity contribution in [2.75, 3.05) is 7.11 Å². The molecule has 146 valence electrons. The molecule has 3 aromatic rings. The second-order valence-electron chi connectivity index (χ2n) is 6.13. The fourth-order valence-corrected chi connectivity index (χ4v) is 3.72. The van der Waals surface area contributed by atoms with Gasteiger partial charge in [-0.05, 0) is 81.8 Å². The van der Waals surface area contributed by atoms with E-state index in [-0.39, 0.29) is 5.82 Å². The Morgan fingerprint density at radius 1 is 1.14 bits per heavy atom. The normalized spacial score (nSPS) is 11.1. The number of nitrogens with zero attached hydrogens (tertiary/aromatic N) is 1. The van der Waals surface area contributed by atoms with Crippen LogP contribution in [0.15, 0.2) is 65.1 Å². The van der Waals surface area contributed by atoms with E-state index < -0.39 is 0 Å². The van der Waals surface area contributed by atoms with Gasteiger partial charge in [-0.3, -0.25) is 0 Å². The Kier molecular flexibility index (Phi) is 7.29. The lowest BCUT2D eigenvalue weighted by atomic mass is 10.0. The third-order valence-corrected chi connectivity index (χ3v) is 5.46. The molecule has 3 rings (SSSR count). The first kappa shape index (κ1) is 21.3. The minimum Gasteiger partial charge on any atom is -0.493 e. The van der Waals surface area contributed by atoms with Crippen LogP contribution >= 0.6 is 38.5 Å². The van der Waals surface area contributed by atoms with Crippen molar-refractivity contribution < 1.29 is 13.9 Å². The predicted molar refractivity (Wildman–Crippen MR) is 124 cm³/mol. The SMILES string of the molecule is COc1cc(/C=C(\C#N)c2ccc(Br)cc2)cc(I)c1OCc1ccc(F)cc1. The third kappa shape index (κ3) is 5.58. The minimum atomic E-state index is -0.281. The molecule has 0 aliphatic rings. The minimum absolute atomic E-state index is 0.281. The molecule has 0 aromatic heterocycles. The van der Waals surface area contributed by atoms with Crippen molar-refractivity contribution in [3.05, 3.63) is 91.2 Å². The van der Waals surface area contributed by atoms with Crippen LogP contribution in [0.1, 0.15) is 16.7 Å². The number of benzene rings is 3. The molecule has 0 spiro atoms. The molecule has 3 aromatic carbocycles. The van der Waals surface area contributed by atoms with Gasteiger partial charge in [0.05, 0.1) is 22.3 Å². The number of methoxy groups -OCH3 is 1. The average molecular weight is 564 g/mol. The van der Waals surface area contributed by atoms with E-state index in [1.54, 1.807) is 19.2 Å². The Hall–Kier alpha value is -2.37. The molecule has 0 atom stereocenters. The van der Waals surface area contributed by atoms with Crippen LogP contribution < -0.4 is 9.47 Å². The zero-order chi connectivity index (χ0) is 20.8. The highest BCUT2D eigenvalue weighted by molar-refractivity contribution is 14.1. The number of allylic oxidation sites excluding steroid dienone is 1. The predicted octanol–water partition coefficient (Wildman–Crippen LogP) is 6.84. The van der Waals surface area contributed by atoms with Gasteiger partial charge in [-0.15, -0.1) is 0 Å². The van der Waals surface area contributed by atoms with E-state index in [0.717, 1.165) is 24.7 Å². The van der Waals surface area contributed by atoms with Gasteiger partial charge in [0.1, 0.15) is 12.4 Å². The Morgan fingerprint density at radius 2 is 1.83 bits per heavy atom. The van der Waals surface area contributed by atoms with Crippen molar-refractivity contribution in [1.29, 1.82) is 5.26 Å². The molecule has 0 N–H and O–H groups in total. The molecule has 0 unspecified atom stereocenters. The van der Waals surface area contributed by atoms with E-state index >= 15 is 0 Å². The Labute approximate surface area is 191 Å². The van der Waals surface area contributed by atoms with Gasteiger partial charge < -0.3 is 9.47 Å². The van der Waals surface area contributed by atoms with Crippen LogP contribution in [0.5, 0.6) is 11.5 Å². The lowest BCUT2D eigenvalue weighted by Gasteiger charge is -2.14. The second-order valence-corrected chi connectivity index (χ2v) is 8.20. The molecule has 0 aliphatic heterocycles. The van der Waals surface area contributed by atoms with Gasteiger partial charge >= 0.3 is 0 Å². The molecule has 0 radical (unpaired) electrons. The van der Waals surface area contributed by atoms with Crippen LogP contribution in [-0.4, -0.2) is 7.11 Å². The highest BCUT2D eigenvalue weighted by atomic mass is 127. The van der Waals surface area contributed by atoms with Crippen molar-refractivity contribution in [2.24, 2.45) is 0 Å². The van der Waals surface area contributed by atoms with Crippen molar-refractivity contribution in [3.8, 4) is 17.6 Å². The van der Waals surface area contributed by atoms with Gasteiger partial charge in [-0.2, -0.15) is 5.26 Å². The molecule has 29 heavy (non-hydrogen) atoms. The largest absolute Gasteiger partial charge is 0.493 e. The molecule has 0 amide bonds. The molecule has 3 nitrogen and oxygen atoms in total. The fraction of sp³-hybridized carbons (Fsp3) is 0.0870. The highest BCUT2D eigenvalue weighted by Gasteiger charge is 2.12. The Balaban J connectivity index is 1.88. The number of ether oxygens (including phenoxy) is 2. The van der Waals surface area contributed by atoms with Crippen molar-refractivity contribution >= 4 is 50.2 Å². The summed E-state index contributed by atoms with van der Waals surface area (Å²) in [6.45, 7) is 0.296. The van der Waals surface area contributed by atoms with Gasteiger partial charge in [0.2, 0.25) is 0 Å². The standard InChI is InChI=1S/C23H16BrFINO2/c1-28-22-12-16(10-18(13-27)17-4-6-19(24)7-5-17)11-21(26)23(22)29-14-15-2-8-20(25)9-3-15/h2-12H,14H2,1H3/b18-10+. The molecule has 0 heterocycles. The van der Waals surface area contributed by atoms with Gasteiger partial charge in [-0.25, -0.2) is 4.39 Å². The summed E-state index contributed by atoms with van der Waals surface area (Å²) in [4.78, 5) is 0. The van der Waals surface area contributed by atoms with Crippen LogP contribution in [0.2, 0.25) is 0 Å². The number of halogens is 3. The lowest BCUT2D eigenvalue weighted by molar-refractivity contribution is 0.282. The van der Waals surface area contributed by atoms with Crippen LogP contribution in [0.4, 0.5) is 4.39 Å². The Morgan fingerprint density at radius 3 is 2.45 bits per heavy atom. The molecule has 0 bridgehead atoms. The summed E-state index contributed by atoms with van der Waals surface area (Å²) >= 11 is 5.58. The van der Waals surface area contributed by atoms with Crippen molar-refractivity contribution in [2.45, 2.75) is 6.61 Å². The maximum Gasteiger partial charge on any atom is 0.174 e. The van der Waals surface area contributed by atoms with E-state index in [1.165, 1.54) is 12.1 Å². The number of rotatable bonds is 6. The zero-order valence-electron chi connectivity index (χ0n) is 15.5. The third-order valence-electron chi connectivity index (χ3n) is 4.13. The van der Waals surface area contributed by atoms with Crippen LogP contribution in [0.3, 0.4) is 0 Å². The van der Waals surface area contributed by atoms with E-state index in [9.17, 15) is 9.65 Å². The first-order chi connectivity index (χ1) is 14.0. The quantitative estimate of drug-likeness (QED) is 0.187. The topological polar surface area (TPSA) is 42.2 Å². The van der Waals surface area contributed by atoms with Gasteiger partial charge in [0.25, 0.3) is 0 Å². The fourth-order valence-electron chi connectivity index (χ4n) is 2.68. The smallest absolute Gasteiger partial charge is 0.174 e. The summed E-state index contributed by atoms with van der Waals surface area (Å²) in [7, 11) is 1.57. The molecule has 0 aliphatic carbocycles. The maximum atomic E-state index is 13.1. The molecule has 0 saturated heterocycles. The zero-order valence-corrected chi connectivity index (χ0v) is 19.2. The second kappa shape index (κ2) is 9.90. The van der Waals surface area contributed by atoms with Crippen LogP contribution in [0.25, 0.3) is 11.6 Å². The van der Waals surface area contributed by atoms with E-state index in [1.807, 2.05) is 42.5 Å². The first-order valence-corrected chi connectivity index (χ1v) is 10.5. The summed E-state index contributed by atoms with van der Waals surface area (Å²) in [6, 6.07) is 19.8. The summed E-state index contributed by atoms with van der Waals surface area (Å²) < 4.78 is 26.3. The van der Waals surface area contributed by atoms with Crippen LogP contribution in [0, 0.1) is 20.7 Å². The molecule has 6 heteroatoms. The van der Waals surface area contributed by atoms with Gasteiger partial charge in [-0.1, -0.05) is 40.2 Å². The Bertz CT molecular complexity index is 1070. The van der Waals surface area contributed by atoms with Crippen molar-refractivity contribution in [3.63, 3.8) is 0 Å². The summed E-state index contributed by atoms with van der Waals surface area (Å²) in [6.07, 6.45) is 1.82. The highest BCUT2D eigenvalue weighted by Crippen LogP contribution is 2.35. The molecular weight excluding hydrogens is 548 g/mol. The molecular formula is C23H16BrFINO2. The average Bonchev–Trinajstić information content (AvgIpc) is 2.72. The number of hydrogen-bond donors (Lipinski definition) is 0. The number of hydrogen-bond acceptors (Lipinski definition) is 3. The maximum absolute atomic E-state index is 13.1. The lowest BCUT2D eigenvalue weighted by Crippen LogP contribution is -2.00. The summed E-state index contributed by atoms with van der Waals surface area (Å²) in [5, 5.41) is 9.58. The van der Waals surface area contributed by atoms with Crippen molar-refractivity contribution in [1.82, 2.24) is 0 Å². The van der Waals surface area contributed by atoms with E-state index in [2.05, 4.69) is 44.6 Å².